The SMILES string of the molecule is COc1cc(C)c(S(=O)(=O)N2CCc3ccc(C(=O)N4CCC5(CC4)C(=O)NCN5c4ccccc4)cc3C2)c(C)c1. The summed E-state index contributed by atoms with van der Waals surface area (Å²) in [7, 11) is -2.19. The number of hydrogen-bond donors (Lipinski definition) is 1. The van der Waals surface area contributed by atoms with E-state index in [9.17, 15) is 18.0 Å². The first-order valence-electron chi connectivity index (χ1n) is 14.3. The van der Waals surface area contributed by atoms with Crippen molar-refractivity contribution in [3.05, 3.63) is 88.5 Å². The number of likely N-dealkylation sites (tertiary alicyclic amines) is 1. The van der Waals surface area contributed by atoms with Crippen molar-refractivity contribution in [1.29, 1.82) is 0 Å². The van der Waals surface area contributed by atoms with Crippen molar-refractivity contribution in [3.8, 4) is 5.75 Å². The van der Waals surface area contributed by atoms with Gasteiger partial charge in [0.2, 0.25) is 15.9 Å². The third-order valence-electron chi connectivity index (χ3n) is 8.98. The molecule has 0 aromatic heterocycles. The van der Waals surface area contributed by atoms with Crippen molar-refractivity contribution in [1.82, 2.24) is 14.5 Å². The number of nitrogens with zero attached hydrogens (tertiary/aromatic N) is 3. The van der Waals surface area contributed by atoms with Crippen LogP contribution in [0.5, 0.6) is 5.75 Å². The molecule has 0 atom stereocenters. The van der Waals surface area contributed by atoms with Gasteiger partial charge in [-0.1, -0.05) is 24.3 Å². The smallest absolute Gasteiger partial charge is 0.253 e. The highest BCUT2D eigenvalue weighted by molar-refractivity contribution is 7.89. The van der Waals surface area contributed by atoms with Gasteiger partial charge in [-0.05, 0) is 91.8 Å². The maximum atomic E-state index is 13.8. The second-order valence-corrected chi connectivity index (χ2v) is 13.3. The van der Waals surface area contributed by atoms with Crippen LogP contribution in [0, 0.1) is 13.8 Å². The van der Waals surface area contributed by atoms with Crippen LogP contribution in [0.4, 0.5) is 5.69 Å². The third kappa shape index (κ3) is 4.72. The number of hydrogen-bond acceptors (Lipinski definition) is 6. The Labute approximate surface area is 247 Å². The lowest BCUT2D eigenvalue weighted by molar-refractivity contribution is -0.124. The molecule has 2 saturated heterocycles. The fraction of sp³-hybridized carbons (Fsp3) is 0.375. The summed E-state index contributed by atoms with van der Waals surface area (Å²) in [5.41, 5.74) is 4.05. The predicted molar refractivity (Wildman–Crippen MR) is 160 cm³/mol. The van der Waals surface area contributed by atoms with Crippen LogP contribution in [0.3, 0.4) is 0 Å². The highest BCUT2D eigenvalue weighted by atomic mass is 32.2. The molecular formula is C32H36N4O5S. The Morgan fingerprint density at radius 2 is 1.62 bits per heavy atom. The Morgan fingerprint density at radius 1 is 0.929 bits per heavy atom. The zero-order valence-corrected chi connectivity index (χ0v) is 25.0. The minimum absolute atomic E-state index is 0.0101. The fourth-order valence-corrected chi connectivity index (χ4v) is 8.56. The molecule has 1 N–H and O–H groups in total. The number of methoxy groups -OCH3 is 1. The van der Waals surface area contributed by atoms with E-state index in [0.717, 1.165) is 16.8 Å². The number of nitrogens with one attached hydrogen (secondary N) is 1. The van der Waals surface area contributed by atoms with Crippen molar-refractivity contribution in [2.24, 2.45) is 0 Å². The van der Waals surface area contributed by atoms with Crippen LogP contribution >= 0.6 is 0 Å². The molecule has 0 aliphatic carbocycles. The summed E-state index contributed by atoms with van der Waals surface area (Å²) in [6.45, 7) is 5.53. The molecule has 6 rings (SSSR count). The summed E-state index contributed by atoms with van der Waals surface area (Å²) in [5, 5.41) is 3.00. The van der Waals surface area contributed by atoms with Gasteiger partial charge in [0.25, 0.3) is 5.91 Å². The molecule has 3 aromatic rings. The Kier molecular flexibility index (Phi) is 7.22. The van der Waals surface area contributed by atoms with Crippen molar-refractivity contribution in [2.45, 2.75) is 50.1 Å². The number of carbonyl (C=O) groups is 2. The molecule has 0 unspecified atom stereocenters. The van der Waals surface area contributed by atoms with Crippen molar-refractivity contribution >= 4 is 27.5 Å². The summed E-state index contributed by atoms with van der Waals surface area (Å²) in [6, 6.07) is 19.0. The summed E-state index contributed by atoms with van der Waals surface area (Å²) in [4.78, 5) is 30.9. The van der Waals surface area contributed by atoms with Crippen LogP contribution < -0.4 is 15.0 Å². The molecule has 1 spiro atoms. The van der Waals surface area contributed by atoms with E-state index < -0.39 is 15.6 Å². The van der Waals surface area contributed by atoms with Gasteiger partial charge in [0.15, 0.2) is 0 Å². The molecule has 0 bridgehead atoms. The molecule has 3 aliphatic heterocycles. The second-order valence-electron chi connectivity index (χ2n) is 11.4. The fourth-order valence-electron chi connectivity index (χ4n) is 6.73. The zero-order chi connectivity index (χ0) is 29.6. The Hall–Kier alpha value is -3.89. The minimum Gasteiger partial charge on any atom is -0.497 e. The maximum absolute atomic E-state index is 13.8. The standard InChI is InChI=1S/C32H36N4O5S/c1-22-17-28(41-3)18-23(2)29(22)42(39,40)35-14-11-24-9-10-25(19-26(24)20-35)30(37)34-15-12-32(13-16-34)31(38)33-21-36(32)27-7-5-4-6-8-27/h4-10,17-19H,11-16,20-21H2,1-3H3,(H,33,38). The molecular weight excluding hydrogens is 552 g/mol. The van der Waals surface area contributed by atoms with Crippen LogP contribution in [0.25, 0.3) is 0 Å². The number of rotatable bonds is 5. The molecule has 220 valence electrons. The van der Waals surface area contributed by atoms with Crippen LogP contribution in [0.15, 0.2) is 65.6 Å². The quantitative estimate of drug-likeness (QED) is 0.489. The molecule has 2 amide bonds. The molecule has 2 fully saturated rings. The van der Waals surface area contributed by atoms with Gasteiger partial charge < -0.3 is 19.9 Å². The van der Waals surface area contributed by atoms with Crippen LogP contribution in [0.1, 0.15) is 45.5 Å². The summed E-state index contributed by atoms with van der Waals surface area (Å²) in [6.07, 6.45) is 1.65. The molecule has 3 aromatic carbocycles. The molecule has 0 radical (unpaired) electrons. The zero-order valence-electron chi connectivity index (χ0n) is 24.2. The molecule has 9 nitrogen and oxygen atoms in total. The number of amides is 2. The Balaban J connectivity index is 1.19. The van der Waals surface area contributed by atoms with E-state index in [1.165, 1.54) is 4.31 Å². The number of ether oxygens (including phenoxy) is 1. The van der Waals surface area contributed by atoms with E-state index >= 15 is 0 Å². The minimum atomic E-state index is -3.75. The van der Waals surface area contributed by atoms with Gasteiger partial charge in [-0.15, -0.1) is 0 Å². The Bertz CT molecular complexity index is 1630. The normalized spacial score (nSPS) is 18.6. The van der Waals surface area contributed by atoms with Gasteiger partial charge in [0.1, 0.15) is 11.3 Å². The molecule has 0 saturated carbocycles. The Morgan fingerprint density at radius 3 is 2.29 bits per heavy atom. The van der Waals surface area contributed by atoms with Gasteiger partial charge in [-0.3, -0.25) is 9.59 Å². The van der Waals surface area contributed by atoms with Crippen LogP contribution in [0.2, 0.25) is 0 Å². The lowest BCUT2D eigenvalue weighted by atomic mass is 9.85. The second kappa shape index (κ2) is 10.7. The predicted octanol–water partition coefficient (Wildman–Crippen LogP) is 3.63. The van der Waals surface area contributed by atoms with Crippen LogP contribution in [-0.2, 0) is 27.8 Å². The highest BCUT2D eigenvalue weighted by Gasteiger charge is 2.50. The van der Waals surface area contributed by atoms with Gasteiger partial charge >= 0.3 is 0 Å². The topological polar surface area (TPSA) is 99.3 Å². The van der Waals surface area contributed by atoms with Crippen molar-refractivity contribution in [2.75, 3.05) is 38.3 Å². The molecule has 3 heterocycles. The average molecular weight is 589 g/mol. The number of aryl methyl sites for hydroxylation is 2. The number of benzene rings is 3. The van der Waals surface area contributed by atoms with E-state index in [0.29, 0.717) is 72.9 Å². The van der Waals surface area contributed by atoms with Gasteiger partial charge in [-0.2, -0.15) is 4.31 Å². The number of piperidine rings is 1. The first-order chi connectivity index (χ1) is 20.1. The average Bonchev–Trinajstić information content (AvgIpc) is 3.31. The van der Waals surface area contributed by atoms with Gasteiger partial charge in [0.05, 0.1) is 18.7 Å². The van der Waals surface area contributed by atoms with E-state index in [-0.39, 0.29) is 18.4 Å². The van der Waals surface area contributed by atoms with E-state index in [1.807, 2.05) is 53.4 Å². The maximum Gasteiger partial charge on any atom is 0.253 e. The van der Waals surface area contributed by atoms with E-state index in [4.69, 9.17) is 4.74 Å². The number of para-hydroxylation sites is 1. The van der Waals surface area contributed by atoms with Crippen molar-refractivity contribution < 1.29 is 22.7 Å². The first-order valence-corrected chi connectivity index (χ1v) is 15.8. The van der Waals surface area contributed by atoms with Crippen molar-refractivity contribution in [3.63, 3.8) is 0 Å². The lowest BCUT2D eigenvalue weighted by Crippen LogP contribution is -2.57. The van der Waals surface area contributed by atoms with Crippen LogP contribution in [-0.4, -0.2) is 68.4 Å². The molecule has 42 heavy (non-hydrogen) atoms. The summed E-state index contributed by atoms with van der Waals surface area (Å²) >= 11 is 0. The summed E-state index contributed by atoms with van der Waals surface area (Å²) in [5.74, 6) is 0.538. The third-order valence-corrected chi connectivity index (χ3v) is 11.1. The summed E-state index contributed by atoms with van der Waals surface area (Å²) < 4.78 is 34.3. The molecule has 10 heteroatoms. The molecule has 3 aliphatic rings. The largest absolute Gasteiger partial charge is 0.497 e. The number of carbonyl (C=O) groups excluding carboxylic acids is 2. The number of sulfonamides is 1. The van der Waals surface area contributed by atoms with E-state index in [1.54, 1.807) is 33.1 Å². The highest BCUT2D eigenvalue weighted by Crippen LogP contribution is 2.37. The number of fused-ring (bicyclic) bond motifs is 1. The first kappa shape index (κ1) is 28.2. The van der Waals surface area contributed by atoms with Gasteiger partial charge in [-0.25, -0.2) is 8.42 Å². The number of anilines is 1. The van der Waals surface area contributed by atoms with Gasteiger partial charge in [0, 0.05) is 37.4 Å². The van der Waals surface area contributed by atoms with E-state index in [2.05, 4.69) is 10.2 Å². The monoisotopic (exact) mass is 588 g/mol. The lowest BCUT2D eigenvalue weighted by Gasteiger charge is -2.43.